The highest BCUT2D eigenvalue weighted by atomic mass is 16.6. The lowest BCUT2D eigenvalue weighted by atomic mass is 10.2. The zero-order valence-electron chi connectivity index (χ0n) is 13.2. The second-order valence-electron chi connectivity index (χ2n) is 6.29. The van der Waals surface area contributed by atoms with E-state index in [0.717, 1.165) is 24.4 Å². The molecule has 1 heterocycles. The van der Waals surface area contributed by atoms with Crippen molar-refractivity contribution in [2.45, 2.75) is 38.8 Å². The minimum absolute atomic E-state index is 0.238. The molecular weight excluding hydrogens is 268 g/mol. The van der Waals surface area contributed by atoms with Crippen LogP contribution in [0.4, 0.5) is 10.5 Å². The number of carbonyl (C=O) groups is 1. The van der Waals surface area contributed by atoms with Gasteiger partial charge in [-0.3, -0.25) is 0 Å². The molecule has 0 aliphatic carbocycles. The lowest BCUT2D eigenvalue weighted by Crippen LogP contribution is -2.36. The molecule has 116 valence electrons. The first-order chi connectivity index (χ1) is 9.87. The molecule has 1 aliphatic rings. The highest BCUT2D eigenvalue weighted by Gasteiger charge is 2.29. The largest absolute Gasteiger partial charge is 0.497 e. The van der Waals surface area contributed by atoms with Crippen LogP contribution in [0.5, 0.6) is 5.75 Å². The van der Waals surface area contributed by atoms with Crippen LogP contribution in [0, 0.1) is 0 Å². The first-order valence-corrected chi connectivity index (χ1v) is 7.26. The molecule has 1 amide bonds. The Morgan fingerprint density at radius 3 is 2.81 bits per heavy atom. The lowest BCUT2D eigenvalue weighted by molar-refractivity contribution is 0.0293. The molecule has 0 saturated carbocycles. The van der Waals surface area contributed by atoms with E-state index in [1.807, 2.05) is 45.0 Å². The van der Waals surface area contributed by atoms with Crippen LogP contribution in [0.15, 0.2) is 24.3 Å². The Balaban J connectivity index is 1.89. The predicted octanol–water partition coefficient (Wildman–Crippen LogP) is 3.12. The summed E-state index contributed by atoms with van der Waals surface area (Å²) in [7, 11) is 1.65. The number of hydrogen-bond acceptors (Lipinski definition) is 4. The normalized spacial score (nSPS) is 18.5. The van der Waals surface area contributed by atoms with Gasteiger partial charge >= 0.3 is 6.09 Å². The van der Waals surface area contributed by atoms with Gasteiger partial charge in [-0.25, -0.2) is 4.79 Å². The molecule has 2 rings (SSSR count). The van der Waals surface area contributed by atoms with Gasteiger partial charge in [0, 0.05) is 30.9 Å². The van der Waals surface area contributed by atoms with Gasteiger partial charge < -0.3 is 19.7 Å². The summed E-state index contributed by atoms with van der Waals surface area (Å²) in [5.74, 6) is 0.821. The van der Waals surface area contributed by atoms with Crippen molar-refractivity contribution in [1.29, 1.82) is 0 Å². The van der Waals surface area contributed by atoms with Crippen LogP contribution >= 0.6 is 0 Å². The van der Waals surface area contributed by atoms with E-state index in [9.17, 15) is 4.79 Å². The number of benzene rings is 1. The van der Waals surface area contributed by atoms with Crippen LogP contribution in [0.3, 0.4) is 0 Å². The minimum atomic E-state index is -0.449. The van der Waals surface area contributed by atoms with Crippen molar-refractivity contribution in [2.75, 3.05) is 25.5 Å². The molecule has 1 fully saturated rings. The van der Waals surface area contributed by atoms with Gasteiger partial charge in [-0.2, -0.15) is 0 Å². The van der Waals surface area contributed by atoms with Crippen molar-refractivity contribution in [3.8, 4) is 5.75 Å². The molecule has 5 heteroatoms. The fraction of sp³-hybridized carbons (Fsp3) is 0.562. The number of amides is 1. The van der Waals surface area contributed by atoms with Gasteiger partial charge in [-0.1, -0.05) is 6.07 Å². The monoisotopic (exact) mass is 292 g/mol. The van der Waals surface area contributed by atoms with Gasteiger partial charge in [-0.05, 0) is 39.3 Å². The quantitative estimate of drug-likeness (QED) is 0.930. The van der Waals surface area contributed by atoms with Crippen molar-refractivity contribution in [1.82, 2.24) is 4.90 Å². The Bertz CT molecular complexity index is 497. The second kappa shape index (κ2) is 6.24. The van der Waals surface area contributed by atoms with E-state index >= 15 is 0 Å². The molecule has 0 aromatic heterocycles. The van der Waals surface area contributed by atoms with Crippen LogP contribution in [0.2, 0.25) is 0 Å². The van der Waals surface area contributed by atoms with Crippen molar-refractivity contribution in [3.63, 3.8) is 0 Å². The summed E-state index contributed by atoms with van der Waals surface area (Å²) >= 11 is 0. The lowest BCUT2D eigenvalue weighted by Gasteiger charge is -2.24. The zero-order chi connectivity index (χ0) is 15.5. The van der Waals surface area contributed by atoms with Gasteiger partial charge in [-0.15, -0.1) is 0 Å². The maximum atomic E-state index is 12.0. The third kappa shape index (κ3) is 4.55. The van der Waals surface area contributed by atoms with E-state index in [1.54, 1.807) is 12.0 Å². The number of rotatable bonds is 3. The number of nitrogens with zero attached hydrogens (tertiary/aromatic N) is 1. The summed E-state index contributed by atoms with van der Waals surface area (Å²) in [5.41, 5.74) is 0.556. The van der Waals surface area contributed by atoms with Gasteiger partial charge in [0.25, 0.3) is 0 Å². The maximum absolute atomic E-state index is 12.0. The fourth-order valence-electron chi connectivity index (χ4n) is 2.32. The smallest absolute Gasteiger partial charge is 0.410 e. The molecule has 1 aliphatic heterocycles. The number of nitrogens with one attached hydrogen (secondary N) is 1. The average molecular weight is 292 g/mol. The number of carbonyl (C=O) groups excluding carboxylic acids is 1. The van der Waals surface area contributed by atoms with Crippen LogP contribution in [-0.4, -0.2) is 42.8 Å². The summed E-state index contributed by atoms with van der Waals surface area (Å²) in [6.07, 6.45) is 0.675. The first kappa shape index (κ1) is 15.5. The Hall–Kier alpha value is -1.91. The van der Waals surface area contributed by atoms with Gasteiger partial charge in [0.1, 0.15) is 11.4 Å². The molecular formula is C16H24N2O3. The number of ether oxygens (including phenoxy) is 2. The third-order valence-electron chi connectivity index (χ3n) is 3.28. The fourth-order valence-corrected chi connectivity index (χ4v) is 2.32. The standard InChI is InChI=1S/C16H24N2O3/c1-16(2,3)21-15(19)18-9-8-13(11-18)17-12-6-5-7-14(10-12)20-4/h5-7,10,13,17H,8-9,11H2,1-4H3. The van der Waals surface area contributed by atoms with E-state index in [1.165, 1.54) is 0 Å². The van der Waals surface area contributed by atoms with Gasteiger partial charge in [0.2, 0.25) is 0 Å². The zero-order valence-corrected chi connectivity index (χ0v) is 13.2. The van der Waals surface area contributed by atoms with E-state index in [0.29, 0.717) is 6.54 Å². The molecule has 1 N–H and O–H groups in total. The van der Waals surface area contributed by atoms with Crippen molar-refractivity contribution in [3.05, 3.63) is 24.3 Å². The van der Waals surface area contributed by atoms with Crippen molar-refractivity contribution >= 4 is 11.8 Å². The predicted molar refractivity (Wildman–Crippen MR) is 82.8 cm³/mol. The Morgan fingerprint density at radius 2 is 2.14 bits per heavy atom. The Kier molecular flexibility index (Phi) is 4.60. The summed E-state index contributed by atoms with van der Waals surface area (Å²) in [6, 6.07) is 8.05. The second-order valence-corrected chi connectivity index (χ2v) is 6.29. The van der Waals surface area contributed by atoms with Crippen LogP contribution in [0.25, 0.3) is 0 Å². The molecule has 21 heavy (non-hydrogen) atoms. The molecule has 1 aromatic carbocycles. The highest BCUT2D eigenvalue weighted by molar-refractivity contribution is 5.68. The molecule has 5 nitrogen and oxygen atoms in total. The minimum Gasteiger partial charge on any atom is -0.497 e. The number of hydrogen-bond donors (Lipinski definition) is 1. The van der Waals surface area contributed by atoms with E-state index < -0.39 is 5.60 Å². The molecule has 1 aromatic rings. The molecule has 0 spiro atoms. The van der Waals surface area contributed by atoms with E-state index in [4.69, 9.17) is 9.47 Å². The van der Waals surface area contributed by atoms with Crippen LogP contribution in [0.1, 0.15) is 27.2 Å². The Morgan fingerprint density at radius 1 is 1.38 bits per heavy atom. The highest BCUT2D eigenvalue weighted by Crippen LogP contribution is 2.21. The van der Waals surface area contributed by atoms with E-state index in [-0.39, 0.29) is 12.1 Å². The van der Waals surface area contributed by atoms with Crippen molar-refractivity contribution < 1.29 is 14.3 Å². The first-order valence-electron chi connectivity index (χ1n) is 7.26. The summed E-state index contributed by atoms with van der Waals surface area (Å²) < 4.78 is 10.6. The summed E-state index contributed by atoms with van der Waals surface area (Å²) in [6.45, 7) is 7.02. The number of anilines is 1. The molecule has 0 bridgehead atoms. The molecule has 1 saturated heterocycles. The van der Waals surface area contributed by atoms with E-state index in [2.05, 4.69) is 5.32 Å². The third-order valence-corrected chi connectivity index (χ3v) is 3.28. The van der Waals surface area contributed by atoms with Crippen LogP contribution < -0.4 is 10.1 Å². The molecule has 1 atom stereocenters. The molecule has 0 radical (unpaired) electrons. The summed E-state index contributed by atoms with van der Waals surface area (Å²) in [4.78, 5) is 13.8. The number of likely N-dealkylation sites (tertiary alicyclic amines) is 1. The van der Waals surface area contributed by atoms with Gasteiger partial charge in [0.05, 0.1) is 7.11 Å². The average Bonchev–Trinajstić information content (AvgIpc) is 2.85. The van der Waals surface area contributed by atoms with Crippen LogP contribution in [-0.2, 0) is 4.74 Å². The molecule has 1 unspecified atom stereocenters. The van der Waals surface area contributed by atoms with Crippen molar-refractivity contribution in [2.24, 2.45) is 0 Å². The summed E-state index contributed by atoms with van der Waals surface area (Å²) in [5, 5.41) is 3.43. The Labute approximate surface area is 126 Å². The number of methoxy groups -OCH3 is 1. The SMILES string of the molecule is COc1cccc(NC2CCN(C(=O)OC(C)(C)C)C2)c1. The maximum Gasteiger partial charge on any atom is 0.410 e. The van der Waals surface area contributed by atoms with Gasteiger partial charge in [0.15, 0.2) is 0 Å². The topological polar surface area (TPSA) is 50.8 Å².